The van der Waals surface area contributed by atoms with E-state index in [2.05, 4.69) is 43.1 Å². The van der Waals surface area contributed by atoms with Crippen molar-refractivity contribution in [3.8, 4) is 0 Å². The Bertz CT molecular complexity index is 506. The predicted molar refractivity (Wildman–Crippen MR) is 69.0 cm³/mol. The summed E-state index contributed by atoms with van der Waals surface area (Å²) in [4.78, 5) is 4.23. The van der Waals surface area contributed by atoms with Crippen LogP contribution in [0.3, 0.4) is 0 Å². The minimum absolute atomic E-state index is 0.153. The monoisotopic (exact) mass is 229 g/mol. The zero-order chi connectivity index (χ0) is 12.5. The van der Waals surface area contributed by atoms with E-state index < -0.39 is 0 Å². The Kier molecular flexibility index (Phi) is 3.01. The zero-order valence-corrected chi connectivity index (χ0v) is 10.9. The van der Waals surface area contributed by atoms with Crippen molar-refractivity contribution in [2.75, 3.05) is 0 Å². The van der Waals surface area contributed by atoms with Crippen LogP contribution in [0.1, 0.15) is 37.5 Å². The first-order valence-corrected chi connectivity index (χ1v) is 5.88. The normalized spacial score (nSPS) is 11.8. The molecule has 0 unspecified atom stereocenters. The second-order valence-corrected chi connectivity index (χ2v) is 5.48. The van der Waals surface area contributed by atoms with E-state index >= 15 is 0 Å². The summed E-state index contributed by atoms with van der Waals surface area (Å²) in [5.74, 6) is 0. The molecule has 0 spiro atoms. The van der Waals surface area contributed by atoms with Gasteiger partial charge in [-0.15, -0.1) is 0 Å². The Morgan fingerprint density at radius 3 is 2.59 bits per heavy atom. The maximum atomic E-state index is 4.23. The van der Waals surface area contributed by atoms with Crippen LogP contribution >= 0.6 is 0 Å². The van der Waals surface area contributed by atoms with Crippen molar-refractivity contribution in [2.24, 2.45) is 7.05 Å². The third-order valence-electron chi connectivity index (χ3n) is 2.86. The van der Waals surface area contributed by atoms with E-state index in [9.17, 15) is 0 Å². The van der Waals surface area contributed by atoms with Crippen molar-refractivity contribution in [1.82, 2.24) is 14.8 Å². The molecule has 3 heteroatoms. The SMILES string of the molecule is Cn1cc(Cc2cnccc2C(C)(C)C)cn1. The van der Waals surface area contributed by atoms with Crippen LogP contribution in [0.4, 0.5) is 0 Å². The molecular formula is C14H19N3. The molecule has 0 saturated carbocycles. The quantitative estimate of drug-likeness (QED) is 0.792. The summed E-state index contributed by atoms with van der Waals surface area (Å²) >= 11 is 0. The van der Waals surface area contributed by atoms with Crippen molar-refractivity contribution in [3.63, 3.8) is 0 Å². The van der Waals surface area contributed by atoms with Crippen LogP contribution < -0.4 is 0 Å². The van der Waals surface area contributed by atoms with Gasteiger partial charge in [-0.1, -0.05) is 20.8 Å². The fourth-order valence-corrected chi connectivity index (χ4v) is 2.08. The molecule has 3 nitrogen and oxygen atoms in total. The maximum absolute atomic E-state index is 4.23. The molecule has 0 aliphatic rings. The highest BCUT2D eigenvalue weighted by atomic mass is 15.2. The van der Waals surface area contributed by atoms with Crippen LogP contribution in [-0.4, -0.2) is 14.8 Å². The van der Waals surface area contributed by atoms with Gasteiger partial charge in [-0.05, 0) is 28.2 Å². The van der Waals surface area contributed by atoms with Crippen molar-refractivity contribution in [1.29, 1.82) is 0 Å². The van der Waals surface area contributed by atoms with Gasteiger partial charge < -0.3 is 0 Å². The van der Waals surface area contributed by atoms with Gasteiger partial charge in [0.2, 0.25) is 0 Å². The zero-order valence-electron chi connectivity index (χ0n) is 10.9. The lowest BCUT2D eigenvalue weighted by molar-refractivity contribution is 0.583. The van der Waals surface area contributed by atoms with E-state index in [-0.39, 0.29) is 5.41 Å². The summed E-state index contributed by atoms with van der Waals surface area (Å²) in [6, 6.07) is 2.12. The fourth-order valence-electron chi connectivity index (χ4n) is 2.08. The molecule has 2 heterocycles. The fraction of sp³-hybridized carbons (Fsp3) is 0.429. The minimum atomic E-state index is 0.153. The molecule has 2 aromatic rings. The molecule has 2 aromatic heterocycles. The van der Waals surface area contributed by atoms with Gasteiger partial charge in [0.15, 0.2) is 0 Å². The van der Waals surface area contributed by atoms with E-state index in [0.717, 1.165) is 6.42 Å². The Hall–Kier alpha value is -1.64. The number of rotatable bonds is 2. The first-order valence-electron chi connectivity index (χ1n) is 5.88. The molecule has 0 aliphatic heterocycles. The molecule has 17 heavy (non-hydrogen) atoms. The average Bonchev–Trinajstić information content (AvgIpc) is 2.63. The third kappa shape index (κ3) is 2.73. The van der Waals surface area contributed by atoms with Crippen molar-refractivity contribution in [2.45, 2.75) is 32.6 Å². The minimum Gasteiger partial charge on any atom is -0.276 e. The molecule has 0 aromatic carbocycles. The van der Waals surface area contributed by atoms with E-state index in [1.165, 1.54) is 16.7 Å². The molecule has 0 N–H and O–H groups in total. The highest BCUT2D eigenvalue weighted by Crippen LogP contribution is 2.26. The van der Waals surface area contributed by atoms with Crippen LogP contribution in [0.5, 0.6) is 0 Å². The molecule has 0 amide bonds. The lowest BCUT2D eigenvalue weighted by Crippen LogP contribution is -2.14. The van der Waals surface area contributed by atoms with Crippen LogP contribution in [0.15, 0.2) is 30.9 Å². The molecular weight excluding hydrogens is 210 g/mol. The smallest absolute Gasteiger partial charge is 0.0525 e. The first kappa shape index (κ1) is 11.8. The lowest BCUT2D eigenvalue weighted by Gasteiger charge is -2.22. The van der Waals surface area contributed by atoms with Gasteiger partial charge in [-0.2, -0.15) is 5.10 Å². The van der Waals surface area contributed by atoms with Gasteiger partial charge in [-0.3, -0.25) is 9.67 Å². The molecule has 0 fully saturated rings. The van der Waals surface area contributed by atoms with Crippen LogP contribution in [0.25, 0.3) is 0 Å². The van der Waals surface area contributed by atoms with Crippen molar-refractivity contribution < 1.29 is 0 Å². The first-order chi connectivity index (χ1) is 7.97. The predicted octanol–water partition coefficient (Wildman–Crippen LogP) is 2.70. The second kappa shape index (κ2) is 4.32. The highest BCUT2D eigenvalue weighted by Gasteiger charge is 2.17. The summed E-state index contributed by atoms with van der Waals surface area (Å²) in [5.41, 5.74) is 4.02. The Balaban J connectivity index is 2.33. The Morgan fingerprint density at radius 1 is 1.24 bits per heavy atom. The number of aryl methyl sites for hydroxylation is 1. The summed E-state index contributed by atoms with van der Waals surface area (Å²) in [7, 11) is 1.94. The van der Waals surface area contributed by atoms with E-state index in [4.69, 9.17) is 0 Å². The Morgan fingerprint density at radius 2 is 2.00 bits per heavy atom. The number of pyridine rings is 1. The van der Waals surface area contributed by atoms with E-state index in [1.54, 1.807) is 0 Å². The molecule has 90 valence electrons. The summed E-state index contributed by atoms with van der Waals surface area (Å²) in [5, 5.41) is 4.20. The van der Waals surface area contributed by atoms with Crippen LogP contribution in [-0.2, 0) is 18.9 Å². The van der Waals surface area contributed by atoms with Gasteiger partial charge in [0.25, 0.3) is 0 Å². The average molecular weight is 229 g/mol. The molecule has 0 bridgehead atoms. The van der Waals surface area contributed by atoms with Gasteiger partial charge in [-0.25, -0.2) is 0 Å². The largest absolute Gasteiger partial charge is 0.276 e. The number of hydrogen-bond acceptors (Lipinski definition) is 2. The topological polar surface area (TPSA) is 30.7 Å². The Labute approximate surface area is 103 Å². The van der Waals surface area contributed by atoms with Crippen LogP contribution in [0, 0.1) is 0 Å². The number of aromatic nitrogens is 3. The second-order valence-electron chi connectivity index (χ2n) is 5.48. The maximum Gasteiger partial charge on any atom is 0.0525 e. The molecule has 0 aliphatic carbocycles. The van der Waals surface area contributed by atoms with Crippen molar-refractivity contribution >= 4 is 0 Å². The highest BCUT2D eigenvalue weighted by molar-refractivity contribution is 5.33. The molecule has 0 atom stereocenters. The van der Waals surface area contributed by atoms with Gasteiger partial charge in [0, 0.05) is 32.1 Å². The van der Waals surface area contributed by atoms with Crippen LogP contribution in [0.2, 0.25) is 0 Å². The van der Waals surface area contributed by atoms with E-state index in [0.29, 0.717) is 0 Å². The summed E-state index contributed by atoms with van der Waals surface area (Å²) < 4.78 is 1.84. The standard InChI is InChI=1S/C14H19N3/c1-14(2,3)13-5-6-15-9-12(13)7-11-8-16-17(4)10-11/h5-6,8-10H,7H2,1-4H3. The van der Waals surface area contributed by atoms with E-state index in [1.807, 2.05) is 30.3 Å². The number of hydrogen-bond donors (Lipinski definition) is 0. The number of nitrogens with zero attached hydrogens (tertiary/aromatic N) is 3. The van der Waals surface area contributed by atoms with Crippen molar-refractivity contribution in [3.05, 3.63) is 47.5 Å². The molecule has 0 radical (unpaired) electrons. The van der Waals surface area contributed by atoms with Gasteiger partial charge >= 0.3 is 0 Å². The third-order valence-corrected chi connectivity index (χ3v) is 2.86. The van der Waals surface area contributed by atoms with Gasteiger partial charge in [0.1, 0.15) is 0 Å². The summed E-state index contributed by atoms with van der Waals surface area (Å²) in [6.07, 6.45) is 8.70. The lowest BCUT2D eigenvalue weighted by atomic mass is 9.83. The summed E-state index contributed by atoms with van der Waals surface area (Å²) in [6.45, 7) is 6.69. The molecule has 0 saturated heterocycles. The van der Waals surface area contributed by atoms with Gasteiger partial charge in [0.05, 0.1) is 6.20 Å². The molecule has 2 rings (SSSR count).